The molecule has 2 aromatic rings. The zero-order chi connectivity index (χ0) is 24.3. The molecule has 0 aromatic heterocycles. The molecule has 0 saturated carbocycles. The Hall–Kier alpha value is -1.83. The lowest BCUT2D eigenvalue weighted by Gasteiger charge is -2.51. The summed E-state index contributed by atoms with van der Waals surface area (Å²) in [4.78, 5) is 12.0. The number of hydrogen-bond donors (Lipinski definition) is 0. The molecule has 4 nitrogen and oxygen atoms in total. The maximum atomic E-state index is 15.3. The number of halogens is 3. The number of esters is 1. The van der Waals surface area contributed by atoms with Gasteiger partial charge in [0.25, 0.3) is 0 Å². The summed E-state index contributed by atoms with van der Waals surface area (Å²) in [7, 11) is 0. The third kappa shape index (κ3) is 5.07. The van der Waals surface area contributed by atoms with Crippen LogP contribution in [-0.2, 0) is 26.1 Å². The van der Waals surface area contributed by atoms with Crippen molar-refractivity contribution in [1.82, 2.24) is 0 Å². The van der Waals surface area contributed by atoms with Gasteiger partial charge in [0.1, 0.15) is 5.82 Å². The molecule has 8 heteroatoms. The van der Waals surface area contributed by atoms with Gasteiger partial charge in [0, 0.05) is 28.5 Å². The first-order valence-corrected chi connectivity index (χ1v) is 13.0. The average molecular weight is 511 g/mol. The fourth-order valence-electron chi connectivity index (χ4n) is 5.19. The molecule has 2 aliphatic rings. The van der Waals surface area contributed by atoms with Crippen molar-refractivity contribution in [2.24, 2.45) is 5.92 Å². The first kappa shape index (κ1) is 25.3. The molecule has 0 aliphatic carbocycles. The molecule has 184 valence electrons. The Bertz CT molecular complexity index is 1020. The van der Waals surface area contributed by atoms with Crippen LogP contribution in [0.3, 0.4) is 0 Å². The maximum absolute atomic E-state index is 15.3. The van der Waals surface area contributed by atoms with E-state index in [2.05, 4.69) is 0 Å². The zero-order valence-electron chi connectivity index (χ0n) is 19.3. The molecule has 1 unspecified atom stereocenters. The van der Waals surface area contributed by atoms with Crippen molar-refractivity contribution in [3.63, 3.8) is 0 Å². The number of benzene rings is 2. The van der Waals surface area contributed by atoms with E-state index in [9.17, 15) is 9.18 Å². The standard InChI is InChI=1S/C26H29ClF2O4S/c1-3-31-25(30)16(2)34-13-10-22-19-15-33-24-21(29)9-8-20(28)23(24)26(19,11-12-32-22)14-17-4-6-18(27)7-5-17/h4-9,16,19,22H,3,10-15H2,1-2H3/t16?,19-,22-,26-/m0/s1. The van der Waals surface area contributed by atoms with Crippen LogP contribution in [0.4, 0.5) is 8.78 Å². The van der Waals surface area contributed by atoms with E-state index in [0.717, 1.165) is 11.6 Å². The van der Waals surface area contributed by atoms with E-state index in [0.29, 0.717) is 48.8 Å². The molecule has 2 heterocycles. The topological polar surface area (TPSA) is 44.8 Å². The highest BCUT2D eigenvalue weighted by Crippen LogP contribution is 2.53. The van der Waals surface area contributed by atoms with Crippen LogP contribution < -0.4 is 4.74 Å². The summed E-state index contributed by atoms with van der Waals surface area (Å²) in [6, 6.07) is 9.80. The minimum absolute atomic E-state index is 0.0103. The van der Waals surface area contributed by atoms with Gasteiger partial charge in [0.2, 0.25) is 0 Å². The maximum Gasteiger partial charge on any atom is 0.318 e. The summed E-state index contributed by atoms with van der Waals surface area (Å²) in [5, 5.41) is 0.345. The largest absolute Gasteiger partial charge is 0.490 e. The smallest absolute Gasteiger partial charge is 0.318 e. The van der Waals surface area contributed by atoms with Gasteiger partial charge < -0.3 is 14.2 Å². The molecule has 4 rings (SSSR count). The molecule has 2 aromatic carbocycles. The Balaban J connectivity index is 1.62. The first-order chi connectivity index (χ1) is 16.4. The third-order valence-corrected chi connectivity index (χ3v) is 8.24. The molecule has 0 spiro atoms. The molecule has 1 saturated heterocycles. The van der Waals surface area contributed by atoms with Gasteiger partial charge in [-0.3, -0.25) is 4.79 Å². The molecule has 0 bridgehead atoms. The van der Waals surface area contributed by atoms with Gasteiger partial charge in [-0.25, -0.2) is 8.78 Å². The van der Waals surface area contributed by atoms with E-state index in [-0.39, 0.29) is 35.6 Å². The monoisotopic (exact) mass is 510 g/mol. The Kier molecular flexibility index (Phi) is 8.05. The second-order valence-corrected chi connectivity index (χ2v) is 10.7. The van der Waals surface area contributed by atoms with Crippen molar-refractivity contribution in [2.45, 2.75) is 49.9 Å². The van der Waals surface area contributed by atoms with Crippen molar-refractivity contribution in [1.29, 1.82) is 0 Å². The quantitative estimate of drug-likeness (QED) is 0.409. The molecular formula is C26H29ClF2O4S. The van der Waals surface area contributed by atoms with Crippen LogP contribution in [-0.4, -0.2) is 42.9 Å². The number of carbonyl (C=O) groups excluding carboxylic acids is 1. The van der Waals surface area contributed by atoms with Gasteiger partial charge in [0.05, 0.1) is 24.6 Å². The summed E-state index contributed by atoms with van der Waals surface area (Å²) in [5.74, 6) is -0.721. The molecule has 2 aliphatic heterocycles. The van der Waals surface area contributed by atoms with Crippen LogP contribution in [0, 0.1) is 17.6 Å². The molecule has 34 heavy (non-hydrogen) atoms. The van der Waals surface area contributed by atoms with E-state index >= 15 is 4.39 Å². The normalized spacial score (nSPS) is 24.5. The predicted octanol–water partition coefficient (Wildman–Crippen LogP) is 5.97. The molecule has 0 radical (unpaired) electrons. The Morgan fingerprint density at radius 2 is 1.97 bits per heavy atom. The highest BCUT2D eigenvalue weighted by atomic mass is 35.5. The average Bonchev–Trinajstić information content (AvgIpc) is 2.82. The zero-order valence-corrected chi connectivity index (χ0v) is 20.9. The van der Waals surface area contributed by atoms with E-state index in [1.165, 1.54) is 17.8 Å². The van der Waals surface area contributed by atoms with Crippen molar-refractivity contribution in [3.05, 3.63) is 64.2 Å². The van der Waals surface area contributed by atoms with E-state index in [1.807, 2.05) is 31.2 Å². The van der Waals surface area contributed by atoms with Gasteiger partial charge in [0.15, 0.2) is 11.6 Å². The number of fused-ring (bicyclic) bond motifs is 3. The molecule has 4 atom stereocenters. The van der Waals surface area contributed by atoms with Gasteiger partial charge >= 0.3 is 5.97 Å². The van der Waals surface area contributed by atoms with Crippen LogP contribution in [0.15, 0.2) is 36.4 Å². The Labute approximate surface area is 208 Å². The van der Waals surface area contributed by atoms with Crippen molar-refractivity contribution in [3.8, 4) is 5.75 Å². The van der Waals surface area contributed by atoms with Crippen LogP contribution >= 0.6 is 23.4 Å². The van der Waals surface area contributed by atoms with Crippen LogP contribution in [0.2, 0.25) is 5.02 Å². The number of rotatable bonds is 8. The Morgan fingerprint density at radius 1 is 1.24 bits per heavy atom. The van der Waals surface area contributed by atoms with Gasteiger partial charge in [-0.2, -0.15) is 0 Å². The van der Waals surface area contributed by atoms with E-state index < -0.39 is 17.0 Å². The van der Waals surface area contributed by atoms with E-state index in [4.69, 9.17) is 25.8 Å². The summed E-state index contributed by atoms with van der Waals surface area (Å²) >= 11 is 7.59. The SMILES string of the molecule is CCOC(=O)C(C)SCC[C@@H]1OCC[C@@]2(Cc3ccc(Cl)cc3)c3c(F)ccc(F)c3OC[C@@H]12. The number of ether oxygens (including phenoxy) is 3. The van der Waals surface area contributed by atoms with Crippen molar-refractivity contribution >= 4 is 29.3 Å². The highest BCUT2D eigenvalue weighted by molar-refractivity contribution is 8.00. The summed E-state index contributed by atoms with van der Waals surface area (Å²) in [5.41, 5.74) is 0.630. The molecular weight excluding hydrogens is 482 g/mol. The molecule has 1 fully saturated rings. The summed E-state index contributed by atoms with van der Waals surface area (Å²) in [6.45, 7) is 4.64. The third-order valence-electron chi connectivity index (χ3n) is 6.82. The lowest BCUT2D eigenvalue weighted by molar-refractivity contribution is -0.142. The van der Waals surface area contributed by atoms with Crippen LogP contribution in [0.25, 0.3) is 0 Å². The van der Waals surface area contributed by atoms with Gasteiger partial charge in [-0.1, -0.05) is 23.7 Å². The van der Waals surface area contributed by atoms with Crippen molar-refractivity contribution in [2.75, 3.05) is 25.6 Å². The van der Waals surface area contributed by atoms with Crippen molar-refractivity contribution < 1.29 is 27.8 Å². The van der Waals surface area contributed by atoms with Crippen LogP contribution in [0.5, 0.6) is 5.75 Å². The van der Waals surface area contributed by atoms with E-state index in [1.54, 1.807) is 6.92 Å². The lowest BCUT2D eigenvalue weighted by atomic mass is 9.60. The fourth-order valence-corrected chi connectivity index (χ4v) is 6.24. The first-order valence-electron chi connectivity index (χ1n) is 11.6. The Morgan fingerprint density at radius 3 is 2.71 bits per heavy atom. The minimum atomic E-state index is -0.673. The highest BCUT2D eigenvalue weighted by Gasteiger charge is 2.53. The second kappa shape index (κ2) is 10.8. The second-order valence-electron chi connectivity index (χ2n) is 8.82. The van der Waals surface area contributed by atoms with Crippen LogP contribution in [0.1, 0.15) is 37.8 Å². The summed E-state index contributed by atoms with van der Waals surface area (Å²) in [6.07, 6.45) is 1.54. The molecule has 0 N–H and O–H groups in total. The number of thioether (sulfide) groups is 1. The number of hydrogen-bond acceptors (Lipinski definition) is 5. The van der Waals surface area contributed by atoms with Gasteiger partial charge in [-0.15, -0.1) is 11.8 Å². The minimum Gasteiger partial charge on any atom is -0.490 e. The predicted molar refractivity (Wildman–Crippen MR) is 130 cm³/mol. The fraction of sp³-hybridized carbons (Fsp3) is 0.500. The number of carbonyl (C=O) groups is 1. The lowest BCUT2D eigenvalue weighted by Crippen LogP contribution is -2.55. The summed E-state index contributed by atoms with van der Waals surface area (Å²) < 4.78 is 47.1. The van der Waals surface area contributed by atoms with Gasteiger partial charge in [-0.05, 0) is 68.7 Å². The molecule has 0 amide bonds.